The van der Waals surface area contributed by atoms with Gasteiger partial charge in [-0.3, -0.25) is 0 Å². The third-order valence-electron chi connectivity index (χ3n) is 3.59. The first kappa shape index (κ1) is 10.4. The Morgan fingerprint density at radius 2 is 2.00 bits per heavy atom. The number of nitrogens with two attached hydrogens (primary N) is 1. The molecule has 0 bridgehead atoms. The van der Waals surface area contributed by atoms with E-state index < -0.39 is 0 Å². The van der Waals surface area contributed by atoms with Crippen LogP contribution in [0.4, 0.5) is 0 Å². The summed E-state index contributed by atoms with van der Waals surface area (Å²) in [7, 11) is 0. The summed E-state index contributed by atoms with van der Waals surface area (Å²) < 4.78 is 5.37. The summed E-state index contributed by atoms with van der Waals surface area (Å²) in [6, 6.07) is 0. The third kappa shape index (κ3) is 2.69. The van der Waals surface area contributed by atoms with Crippen LogP contribution in [-0.2, 0) is 4.74 Å². The molecule has 1 saturated heterocycles. The molecule has 2 rings (SSSR count). The van der Waals surface area contributed by atoms with Crippen molar-refractivity contribution in [3.8, 4) is 0 Å². The van der Waals surface area contributed by atoms with Crippen molar-refractivity contribution < 1.29 is 4.74 Å². The Morgan fingerprint density at radius 1 is 1.29 bits per heavy atom. The fourth-order valence-corrected chi connectivity index (χ4v) is 2.16. The lowest BCUT2D eigenvalue weighted by Crippen LogP contribution is -2.54. The van der Waals surface area contributed by atoms with E-state index in [9.17, 15) is 0 Å². The van der Waals surface area contributed by atoms with Crippen LogP contribution in [0.15, 0.2) is 0 Å². The van der Waals surface area contributed by atoms with Crippen LogP contribution in [0.2, 0.25) is 0 Å². The summed E-state index contributed by atoms with van der Waals surface area (Å²) in [5, 5.41) is 3.65. The highest BCUT2D eigenvalue weighted by Crippen LogP contribution is 2.32. The summed E-state index contributed by atoms with van der Waals surface area (Å²) in [5.74, 6) is 1.01. The zero-order chi connectivity index (χ0) is 9.86. The van der Waals surface area contributed by atoms with Gasteiger partial charge in [0, 0.05) is 25.3 Å². The molecule has 14 heavy (non-hydrogen) atoms. The monoisotopic (exact) mass is 198 g/mol. The van der Waals surface area contributed by atoms with Gasteiger partial charge in [0.1, 0.15) is 0 Å². The van der Waals surface area contributed by atoms with Gasteiger partial charge in [-0.15, -0.1) is 0 Å². The predicted octanol–water partition coefficient (Wildman–Crippen LogP) is 0.884. The summed E-state index contributed by atoms with van der Waals surface area (Å²) >= 11 is 0. The van der Waals surface area contributed by atoms with E-state index in [4.69, 9.17) is 10.5 Å². The Hall–Kier alpha value is -0.120. The summed E-state index contributed by atoms with van der Waals surface area (Å²) in [6.07, 6.45) is 6.38. The minimum atomic E-state index is 0.188. The molecule has 0 atom stereocenters. The maximum atomic E-state index is 5.85. The Kier molecular flexibility index (Phi) is 3.42. The second kappa shape index (κ2) is 4.60. The highest BCUT2D eigenvalue weighted by molar-refractivity contribution is 4.91. The zero-order valence-electron chi connectivity index (χ0n) is 8.93. The molecule has 0 aromatic heterocycles. The quantitative estimate of drug-likeness (QED) is 0.689. The van der Waals surface area contributed by atoms with Gasteiger partial charge in [-0.05, 0) is 31.7 Å². The Bertz CT molecular complexity index is 174. The highest BCUT2D eigenvalue weighted by Gasteiger charge is 2.31. The van der Waals surface area contributed by atoms with E-state index in [1.807, 2.05) is 0 Å². The fraction of sp³-hybridized carbons (Fsp3) is 1.00. The van der Waals surface area contributed by atoms with Crippen molar-refractivity contribution in [1.29, 1.82) is 0 Å². The maximum absolute atomic E-state index is 5.85. The summed E-state index contributed by atoms with van der Waals surface area (Å²) in [4.78, 5) is 0. The van der Waals surface area contributed by atoms with E-state index in [2.05, 4.69) is 5.32 Å². The number of rotatable bonds is 5. The van der Waals surface area contributed by atoms with Crippen molar-refractivity contribution in [2.24, 2.45) is 11.7 Å². The van der Waals surface area contributed by atoms with Crippen molar-refractivity contribution in [3.63, 3.8) is 0 Å². The van der Waals surface area contributed by atoms with Gasteiger partial charge >= 0.3 is 0 Å². The average Bonchev–Trinajstić information content (AvgIpc) is 3.03. The summed E-state index contributed by atoms with van der Waals surface area (Å²) in [6.45, 7) is 3.63. The van der Waals surface area contributed by atoms with E-state index in [1.165, 1.54) is 19.3 Å². The van der Waals surface area contributed by atoms with E-state index in [-0.39, 0.29) is 5.54 Å². The highest BCUT2D eigenvalue weighted by atomic mass is 16.5. The minimum Gasteiger partial charge on any atom is -0.381 e. The molecule has 3 nitrogen and oxygen atoms in total. The maximum Gasteiger partial charge on any atom is 0.0484 e. The molecule has 1 saturated carbocycles. The van der Waals surface area contributed by atoms with Crippen LogP contribution in [0.3, 0.4) is 0 Å². The van der Waals surface area contributed by atoms with Gasteiger partial charge < -0.3 is 15.8 Å². The molecule has 1 aliphatic carbocycles. The third-order valence-corrected chi connectivity index (χ3v) is 3.59. The first-order valence-corrected chi connectivity index (χ1v) is 5.87. The van der Waals surface area contributed by atoms with Gasteiger partial charge in [-0.2, -0.15) is 0 Å². The lowest BCUT2D eigenvalue weighted by molar-refractivity contribution is 0.0413. The lowest BCUT2D eigenvalue weighted by atomic mass is 9.90. The van der Waals surface area contributed by atoms with Crippen molar-refractivity contribution in [2.75, 3.05) is 26.3 Å². The van der Waals surface area contributed by atoms with Crippen molar-refractivity contribution in [2.45, 2.75) is 37.6 Å². The predicted molar refractivity (Wildman–Crippen MR) is 57.2 cm³/mol. The Morgan fingerprint density at radius 3 is 2.57 bits per heavy atom. The Balaban J connectivity index is 1.71. The molecule has 0 spiro atoms. The molecule has 1 aliphatic heterocycles. The van der Waals surface area contributed by atoms with Crippen LogP contribution in [0.1, 0.15) is 32.1 Å². The van der Waals surface area contributed by atoms with Gasteiger partial charge in [-0.25, -0.2) is 0 Å². The molecular weight excluding hydrogens is 176 g/mol. The van der Waals surface area contributed by atoms with Crippen molar-refractivity contribution >= 4 is 0 Å². The first-order chi connectivity index (χ1) is 6.85. The molecule has 0 unspecified atom stereocenters. The minimum absolute atomic E-state index is 0.188. The molecular formula is C11H22N2O. The molecule has 0 radical (unpaired) electrons. The molecule has 0 aromatic rings. The normalized spacial score (nSPS) is 26.4. The van der Waals surface area contributed by atoms with Crippen molar-refractivity contribution in [3.05, 3.63) is 0 Å². The van der Waals surface area contributed by atoms with Gasteiger partial charge in [-0.1, -0.05) is 12.8 Å². The van der Waals surface area contributed by atoms with Crippen molar-refractivity contribution in [1.82, 2.24) is 5.32 Å². The van der Waals surface area contributed by atoms with Gasteiger partial charge in [0.15, 0.2) is 0 Å². The molecule has 2 aliphatic rings. The van der Waals surface area contributed by atoms with E-state index in [0.717, 1.165) is 45.1 Å². The van der Waals surface area contributed by atoms with Crippen LogP contribution in [0, 0.1) is 5.92 Å². The molecule has 3 N–H and O–H groups in total. The molecule has 3 heteroatoms. The fourth-order valence-electron chi connectivity index (χ4n) is 2.16. The molecule has 2 fully saturated rings. The Labute approximate surface area is 86.4 Å². The number of hydrogen-bond acceptors (Lipinski definition) is 3. The number of nitrogens with one attached hydrogen (secondary N) is 1. The summed E-state index contributed by atoms with van der Waals surface area (Å²) in [5.41, 5.74) is 6.04. The molecule has 0 amide bonds. The van der Waals surface area contributed by atoms with Gasteiger partial charge in [0.05, 0.1) is 0 Å². The first-order valence-electron chi connectivity index (χ1n) is 5.87. The molecule has 82 valence electrons. The topological polar surface area (TPSA) is 47.3 Å². The molecule has 1 heterocycles. The smallest absolute Gasteiger partial charge is 0.0484 e. The standard InChI is InChI=1S/C11H22N2O/c12-9-11(4-7-14-8-5-11)13-6-3-10-1-2-10/h10,13H,1-9,12H2. The second-order valence-electron chi connectivity index (χ2n) is 4.76. The SMILES string of the molecule is NCC1(NCCC2CC2)CCOCC1. The van der Waals surface area contributed by atoms with Gasteiger partial charge in [0.2, 0.25) is 0 Å². The number of hydrogen-bond donors (Lipinski definition) is 2. The van der Waals surface area contributed by atoms with E-state index in [0.29, 0.717) is 0 Å². The lowest BCUT2D eigenvalue weighted by Gasteiger charge is -2.37. The van der Waals surface area contributed by atoms with Crippen LogP contribution >= 0.6 is 0 Å². The van der Waals surface area contributed by atoms with Crippen LogP contribution < -0.4 is 11.1 Å². The zero-order valence-corrected chi connectivity index (χ0v) is 8.93. The van der Waals surface area contributed by atoms with E-state index >= 15 is 0 Å². The van der Waals surface area contributed by atoms with Crippen LogP contribution in [0.5, 0.6) is 0 Å². The number of ether oxygens (including phenoxy) is 1. The van der Waals surface area contributed by atoms with Crippen LogP contribution in [0.25, 0.3) is 0 Å². The second-order valence-corrected chi connectivity index (χ2v) is 4.76. The largest absolute Gasteiger partial charge is 0.381 e. The van der Waals surface area contributed by atoms with Crippen LogP contribution in [-0.4, -0.2) is 31.8 Å². The average molecular weight is 198 g/mol. The van der Waals surface area contributed by atoms with E-state index in [1.54, 1.807) is 0 Å². The van der Waals surface area contributed by atoms with Gasteiger partial charge in [0.25, 0.3) is 0 Å². The molecule has 0 aromatic carbocycles.